The largest absolute Gasteiger partial charge is 0.388 e. The average molecular weight is 371 g/mol. The first-order chi connectivity index (χ1) is 12.6. The molecule has 0 fully saturated rings. The lowest BCUT2D eigenvalue weighted by molar-refractivity contribution is 0.0941. The van der Waals surface area contributed by atoms with Crippen molar-refractivity contribution in [3.63, 3.8) is 0 Å². The predicted octanol–water partition coefficient (Wildman–Crippen LogP) is 4.16. The maximum absolute atomic E-state index is 12.6. The molecule has 0 aliphatic heterocycles. The minimum absolute atomic E-state index is 0.307. The van der Waals surface area contributed by atoms with Crippen molar-refractivity contribution < 1.29 is 14.4 Å². The number of aromatic nitrogens is 1. The van der Waals surface area contributed by atoms with Crippen LogP contribution in [0.15, 0.2) is 59.1 Å². The maximum atomic E-state index is 12.6. The molecule has 0 radical (unpaired) electrons. The summed E-state index contributed by atoms with van der Waals surface area (Å²) in [5.74, 6) is 0.111. The monoisotopic (exact) mass is 370 g/mol. The molecular formula is C20H19ClN2O3. The predicted molar refractivity (Wildman–Crippen MR) is 100 cm³/mol. The van der Waals surface area contributed by atoms with E-state index in [0.717, 1.165) is 5.56 Å². The Kier molecular flexibility index (Phi) is 5.71. The number of carbonyl (C=O) groups is 1. The number of carbonyl (C=O) groups excluding carboxylic acids is 1. The maximum Gasteiger partial charge on any atom is 0.257 e. The van der Waals surface area contributed by atoms with Crippen molar-refractivity contribution in [2.45, 2.75) is 19.4 Å². The molecule has 0 spiro atoms. The number of nitrogens with zero attached hydrogens (tertiary/aromatic N) is 1. The molecule has 3 aromatic rings. The molecular weight excluding hydrogens is 352 g/mol. The fourth-order valence-electron chi connectivity index (χ4n) is 2.73. The molecule has 2 aromatic carbocycles. The SMILES string of the molecule is Cc1onc(-c2ccccc2Cl)c1C(=O)NCCC(O)c1ccccc1. The van der Waals surface area contributed by atoms with Gasteiger partial charge in [0.1, 0.15) is 17.0 Å². The van der Waals surface area contributed by atoms with E-state index < -0.39 is 6.10 Å². The van der Waals surface area contributed by atoms with Crippen LogP contribution in [0.5, 0.6) is 0 Å². The van der Waals surface area contributed by atoms with Crippen molar-refractivity contribution in [3.05, 3.63) is 76.5 Å². The number of benzene rings is 2. The molecule has 3 rings (SSSR count). The molecule has 1 heterocycles. The second kappa shape index (κ2) is 8.17. The Labute approximate surface area is 156 Å². The molecule has 0 saturated heterocycles. The van der Waals surface area contributed by atoms with E-state index in [4.69, 9.17) is 16.1 Å². The first-order valence-corrected chi connectivity index (χ1v) is 8.68. The lowest BCUT2D eigenvalue weighted by atomic mass is 10.0. The minimum Gasteiger partial charge on any atom is -0.388 e. The van der Waals surface area contributed by atoms with Gasteiger partial charge in [0.15, 0.2) is 0 Å². The van der Waals surface area contributed by atoms with E-state index in [1.54, 1.807) is 19.1 Å². The third-order valence-corrected chi connectivity index (χ3v) is 4.44. The number of amides is 1. The van der Waals surface area contributed by atoms with Crippen molar-refractivity contribution in [1.29, 1.82) is 0 Å². The first kappa shape index (κ1) is 18.2. The Balaban J connectivity index is 1.69. The fourth-order valence-corrected chi connectivity index (χ4v) is 2.95. The molecule has 134 valence electrons. The number of hydrogen-bond acceptors (Lipinski definition) is 4. The molecule has 0 saturated carbocycles. The molecule has 1 unspecified atom stereocenters. The topological polar surface area (TPSA) is 75.4 Å². The highest BCUT2D eigenvalue weighted by atomic mass is 35.5. The second-order valence-electron chi connectivity index (χ2n) is 5.91. The summed E-state index contributed by atoms with van der Waals surface area (Å²) in [4.78, 5) is 12.6. The van der Waals surface area contributed by atoms with Crippen LogP contribution >= 0.6 is 11.6 Å². The van der Waals surface area contributed by atoms with Gasteiger partial charge in [-0.25, -0.2) is 0 Å². The van der Waals surface area contributed by atoms with E-state index in [2.05, 4.69) is 10.5 Å². The molecule has 6 heteroatoms. The number of aryl methyl sites for hydroxylation is 1. The number of hydrogen-bond donors (Lipinski definition) is 2. The van der Waals surface area contributed by atoms with Gasteiger partial charge < -0.3 is 14.9 Å². The third kappa shape index (κ3) is 3.95. The highest BCUT2D eigenvalue weighted by molar-refractivity contribution is 6.33. The molecule has 1 amide bonds. The van der Waals surface area contributed by atoms with Crippen LogP contribution in [0.2, 0.25) is 5.02 Å². The van der Waals surface area contributed by atoms with Crippen LogP contribution < -0.4 is 5.32 Å². The van der Waals surface area contributed by atoms with Gasteiger partial charge in [-0.3, -0.25) is 4.79 Å². The number of nitrogens with one attached hydrogen (secondary N) is 1. The van der Waals surface area contributed by atoms with Gasteiger partial charge in [-0.15, -0.1) is 0 Å². The standard InChI is InChI=1S/C20H19ClN2O3/c1-13-18(19(23-26-13)15-9-5-6-10-16(15)21)20(25)22-12-11-17(24)14-7-3-2-4-8-14/h2-10,17,24H,11-12H2,1H3,(H,22,25). The smallest absolute Gasteiger partial charge is 0.257 e. The van der Waals surface area contributed by atoms with Crippen LogP contribution in [-0.4, -0.2) is 22.7 Å². The van der Waals surface area contributed by atoms with Gasteiger partial charge in [-0.05, 0) is 25.0 Å². The number of halogens is 1. The summed E-state index contributed by atoms with van der Waals surface area (Å²) >= 11 is 6.21. The Morgan fingerprint density at radius 2 is 1.88 bits per heavy atom. The first-order valence-electron chi connectivity index (χ1n) is 8.30. The third-order valence-electron chi connectivity index (χ3n) is 4.11. The fraction of sp³-hybridized carbons (Fsp3) is 0.200. The average Bonchev–Trinajstić information content (AvgIpc) is 3.04. The minimum atomic E-state index is -0.636. The summed E-state index contributed by atoms with van der Waals surface area (Å²) in [5.41, 5.74) is 2.22. The zero-order chi connectivity index (χ0) is 18.5. The summed E-state index contributed by atoms with van der Waals surface area (Å²) in [5, 5.41) is 17.5. The highest BCUT2D eigenvalue weighted by Crippen LogP contribution is 2.30. The molecule has 1 aromatic heterocycles. The second-order valence-corrected chi connectivity index (χ2v) is 6.32. The van der Waals surface area contributed by atoms with Crippen LogP contribution in [0, 0.1) is 6.92 Å². The van der Waals surface area contributed by atoms with Crippen molar-refractivity contribution in [3.8, 4) is 11.3 Å². The normalized spacial score (nSPS) is 12.0. The summed E-state index contributed by atoms with van der Waals surface area (Å²) in [6.07, 6.45) is -0.232. The molecule has 1 atom stereocenters. The molecule has 0 aliphatic rings. The highest BCUT2D eigenvalue weighted by Gasteiger charge is 2.22. The van der Waals surface area contributed by atoms with Crippen molar-refractivity contribution in [1.82, 2.24) is 10.5 Å². The van der Waals surface area contributed by atoms with E-state index in [0.29, 0.717) is 40.6 Å². The van der Waals surface area contributed by atoms with Gasteiger partial charge in [0.05, 0.1) is 11.1 Å². The zero-order valence-corrected chi connectivity index (χ0v) is 15.0. The van der Waals surface area contributed by atoms with Gasteiger partial charge in [0.25, 0.3) is 5.91 Å². The van der Waals surface area contributed by atoms with Crippen LogP contribution in [0.1, 0.15) is 34.2 Å². The zero-order valence-electron chi connectivity index (χ0n) is 14.3. The lowest BCUT2D eigenvalue weighted by Gasteiger charge is -2.12. The number of rotatable bonds is 6. The van der Waals surface area contributed by atoms with E-state index in [1.165, 1.54) is 0 Å². The lowest BCUT2D eigenvalue weighted by Crippen LogP contribution is -2.26. The molecule has 0 aliphatic carbocycles. The van der Waals surface area contributed by atoms with E-state index in [9.17, 15) is 9.90 Å². The van der Waals surface area contributed by atoms with Crippen LogP contribution in [0.3, 0.4) is 0 Å². The summed E-state index contributed by atoms with van der Waals surface area (Å²) in [6, 6.07) is 16.5. The van der Waals surface area contributed by atoms with Crippen molar-refractivity contribution in [2.24, 2.45) is 0 Å². The Morgan fingerprint density at radius 1 is 1.19 bits per heavy atom. The summed E-state index contributed by atoms with van der Waals surface area (Å²) in [7, 11) is 0. The Bertz CT molecular complexity index is 893. The summed E-state index contributed by atoms with van der Waals surface area (Å²) in [6.45, 7) is 2.00. The number of aliphatic hydroxyl groups is 1. The van der Waals surface area contributed by atoms with Crippen molar-refractivity contribution >= 4 is 17.5 Å². The van der Waals surface area contributed by atoms with E-state index in [-0.39, 0.29) is 5.91 Å². The van der Waals surface area contributed by atoms with Gasteiger partial charge in [-0.1, -0.05) is 65.3 Å². The van der Waals surface area contributed by atoms with Crippen LogP contribution in [0.25, 0.3) is 11.3 Å². The van der Waals surface area contributed by atoms with Crippen LogP contribution in [0.4, 0.5) is 0 Å². The molecule has 5 nitrogen and oxygen atoms in total. The van der Waals surface area contributed by atoms with Crippen LogP contribution in [-0.2, 0) is 0 Å². The van der Waals surface area contributed by atoms with Gasteiger partial charge >= 0.3 is 0 Å². The quantitative estimate of drug-likeness (QED) is 0.683. The van der Waals surface area contributed by atoms with E-state index in [1.807, 2.05) is 42.5 Å². The molecule has 26 heavy (non-hydrogen) atoms. The molecule has 2 N–H and O–H groups in total. The Hall–Kier alpha value is -2.63. The van der Waals surface area contributed by atoms with Gasteiger partial charge in [0, 0.05) is 12.1 Å². The van der Waals surface area contributed by atoms with E-state index >= 15 is 0 Å². The Morgan fingerprint density at radius 3 is 2.62 bits per heavy atom. The van der Waals surface area contributed by atoms with Gasteiger partial charge in [-0.2, -0.15) is 0 Å². The summed E-state index contributed by atoms with van der Waals surface area (Å²) < 4.78 is 5.20. The van der Waals surface area contributed by atoms with Crippen molar-refractivity contribution in [2.75, 3.05) is 6.54 Å². The molecule has 0 bridgehead atoms. The number of aliphatic hydroxyl groups excluding tert-OH is 1. The van der Waals surface area contributed by atoms with Gasteiger partial charge in [0.2, 0.25) is 0 Å².